The Morgan fingerprint density at radius 3 is 2.53 bits per heavy atom. The van der Waals surface area contributed by atoms with E-state index in [2.05, 4.69) is 9.97 Å². The SMILES string of the molecule is CC(C)c1ncc(Oc2ccc(Cl)cc2)c(CN)n1. The lowest BCUT2D eigenvalue weighted by molar-refractivity contribution is 0.467. The number of rotatable bonds is 4. The molecule has 0 aliphatic heterocycles. The van der Waals surface area contributed by atoms with Crippen molar-refractivity contribution in [2.45, 2.75) is 26.3 Å². The lowest BCUT2D eigenvalue weighted by atomic mass is 10.2. The van der Waals surface area contributed by atoms with Gasteiger partial charge in [-0.2, -0.15) is 0 Å². The van der Waals surface area contributed by atoms with E-state index in [9.17, 15) is 0 Å². The van der Waals surface area contributed by atoms with Gasteiger partial charge >= 0.3 is 0 Å². The molecule has 0 aliphatic rings. The molecule has 1 aromatic heterocycles. The van der Waals surface area contributed by atoms with E-state index in [0.29, 0.717) is 28.8 Å². The zero-order valence-corrected chi connectivity index (χ0v) is 11.7. The maximum Gasteiger partial charge on any atom is 0.168 e. The molecule has 0 bridgehead atoms. The minimum Gasteiger partial charge on any atom is -0.454 e. The molecule has 5 heteroatoms. The Morgan fingerprint density at radius 2 is 1.95 bits per heavy atom. The number of benzene rings is 1. The highest BCUT2D eigenvalue weighted by molar-refractivity contribution is 6.30. The van der Waals surface area contributed by atoms with Gasteiger partial charge in [-0.1, -0.05) is 25.4 Å². The van der Waals surface area contributed by atoms with Gasteiger partial charge in [0.2, 0.25) is 0 Å². The molecule has 0 saturated heterocycles. The number of hydrogen-bond acceptors (Lipinski definition) is 4. The third kappa shape index (κ3) is 3.43. The lowest BCUT2D eigenvalue weighted by Gasteiger charge is -2.11. The molecule has 4 nitrogen and oxygen atoms in total. The Bertz CT molecular complexity index is 555. The van der Waals surface area contributed by atoms with Gasteiger partial charge < -0.3 is 10.5 Å². The van der Waals surface area contributed by atoms with Crippen LogP contribution in [0.2, 0.25) is 5.02 Å². The molecule has 0 spiro atoms. The van der Waals surface area contributed by atoms with E-state index in [1.54, 1.807) is 30.5 Å². The van der Waals surface area contributed by atoms with Gasteiger partial charge in [0.05, 0.1) is 6.20 Å². The van der Waals surface area contributed by atoms with Crippen molar-refractivity contribution in [2.24, 2.45) is 5.73 Å². The van der Waals surface area contributed by atoms with Crippen LogP contribution in [0.1, 0.15) is 31.3 Å². The second-order valence-corrected chi connectivity index (χ2v) is 4.89. The van der Waals surface area contributed by atoms with Crippen molar-refractivity contribution in [1.82, 2.24) is 9.97 Å². The molecular formula is C14H16ClN3O. The predicted octanol–water partition coefficient (Wildman–Crippen LogP) is 3.50. The molecule has 0 amide bonds. The predicted molar refractivity (Wildman–Crippen MR) is 75.5 cm³/mol. The van der Waals surface area contributed by atoms with Crippen molar-refractivity contribution in [2.75, 3.05) is 0 Å². The molecule has 2 aromatic rings. The highest BCUT2D eigenvalue weighted by Gasteiger charge is 2.10. The molecule has 2 rings (SSSR count). The molecule has 19 heavy (non-hydrogen) atoms. The van der Waals surface area contributed by atoms with Crippen LogP contribution in [-0.2, 0) is 6.54 Å². The lowest BCUT2D eigenvalue weighted by Crippen LogP contribution is -2.07. The van der Waals surface area contributed by atoms with Crippen molar-refractivity contribution in [3.63, 3.8) is 0 Å². The average molecular weight is 278 g/mol. The van der Waals surface area contributed by atoms with E-state index in [-0.39, 0.29) is 5.92 Å². The number of ether oxygens (including phenoxy) is 1. The van der Waals surface area contributed by atoms with Crippen molar-refractivity contribution >= 4 is 11.6 Å². The smallest absolute Gasteiger partial charge is 0.168 e. The fourth-order valence-electron chi connectivity index (χ4n) is 1.56. The molecule has 0 atom stereocenters. The van der Waals surface area contributed by atoms with E-state index >= 15 is 0 Å². The highest BCUT2D eigenvalue weighted by atomic mass is 35.5. The van der Waals surface area contributed by atoms with Gasteiger partial charge in [0.15, 0.2) is 5.75 Å². The molecule has 0 saturated carbocycles. The van der Waals surface area contributed by atoms with E-state index in [0.717, 1.165) is 5.82 Å². The Kier molecular flexibility index (Phi) is 4.35. The molecule has 0 aliphatic carbocycles. The van der Waals surface area contributed by atoms with Crippen molar-refractivity contribution in [3.8, 4) is 11.5 Å². The summed E-state index contributed by atoms with van der Waals surface area (Å²) in [6.07, 6.45) is 1.67. The summed E-state index contributed by atoms with van der Waals surface area (Å²) in [5.41, 5.74) is 6.41. The first kappa shape index (κ1) is 13.8. The van der Waals surface area contributed by atoms with Crippen molar-refractivity contribution in [3.05, 3.63) is 47.0 Å². The molecule has 1 aromatic carbocycles. The molecule has 100 valence electrons. The molecule has 0 unspecified atom stereocenters. The third-order valence-corrected chi connectivity index (χ3v) is 2.85. The van der Waals surface area contributed by atoms with Crippen LogP contribution in [0, 0.1) is 0 Å². The van der Waals surface area contributed by atoms with Gasteiger partial charge in [-0.3, -0.25) is 0 Å². The van der Waals surface area contributed by atoms with E-state index in [1.807, 2.05) is 13.8 Å². The third-order valence-electron chi connectivity index (χ3n) is 2.60. The van der Waals surface area contributed by atoms with Gasteiger partial charge in [0.1, 0.15) is 17.3 Å². The second-order valence-electron chi connectivity index (χ2n) is 4.45. The largest absolute Gasteiger partial charge is 0.454 e. The summed E-state index contributed by atoms with van der Waals surface area (Å²) in [5.74, 6) is 2.29. The number of nitrogens with zero attached hydrogens (tertiary/aromatic N) is 2. The summed E-state index contributed by atoms with van der Waals surface area (Å²) in [4.78, 5) is 8.70. The van der Waals surface area contributed by atoms with Gasteiger partial charge in [-0.05, 0) is 24.3 Å². The van der Waals surface area contributed by atoms with Gasteiger partial charge in [-0.15, -0.1) is 0 Å². The molecular weight excluding hydrogens is 262 g/mol. The summed E-state index contributed by atoms with van der Waals surface area (Å²) in [6.45, 7) is 4.38. The maximum absolute atomic E-state index is 5.83. The zero-order valence-electron chi connectivity index (χ0n) is 10.9. The molecule has 2 N–H and O–H groups in total. The van der Waals surface area contributed by atoms with Crippen LogP contribution in [-0.4, -0.2) is 9.97 Å². The van der Waals surface area contributed by atoms with Crippen LogP contribution in [0.15, 0.2) is 30.5 Å². The van der Waals surface area contributed by atoms with Crippen LogP contribution in [0.5, 0.6) is 11.5 Å². The summed E-state index contributed by atoms with van der Waals surface area (Å²) < 4.78 is 5.73. The van der Waals surface area contributed by atoms with Gasteiger partial charge in [-0.25, -0.2) is 9.97 Å². The van der Waals surface area contributed by atoms with Gasteiger partial charge in [0, 0.05) is 17.5 Å². The van der Waals surface area contributed by atoms with Crippen LogP contribution in [0.4, 0.5) is 0 Å². The van der Waals surface area contributed by atoms with Crippen molar-refractivity contribution in [1.29, 1.82) is 0 Å². The first-order chi connectivity index (χ1) is 9.10. The zero-order chi connectivity index (χ0) is 13.8. The topological polar surface area (TPSA) is 61.0 Å². The Morgan fingerprint density at radius 1 is 1.26 bits per heavy atom. The normalized spacial score (nSPS) is 10.8. The van der Waals surface area contributed by atoms with E-state index < -0.39 is 0 Å². The van der Waals surface area contributed by atoms with Crippen molar-refractivity contribution < 1.29 is 4.74 Å². The van der Waals surface area contributed by atoms with Crippen LogP contribution in [0.25, 0.3) is 0 Å². The Labute approximate surface area is 117 Å². The van der Waals surface area contributed by atoms with Crippen LogP contribution >= 0.6 is 11.6 Å². The fourth-order valence-corrected chi connectivity index (χ4v) is 1.69. The quantitative estimate of drug-likeness (QED) is 0.929. The maximum atomic E-state index is 5.83. The Hall–Kier alpha value is -1.65. The number of halogens is 1. The van der Waals surface area contributed by atoms with Crippen LogP contribution in [0.3, 0.4) is 0 Å². The summed E-state index contributed by atoms with van der Waals surface area (Å²) in [6, 6.07) is 7.11. The number of aromatic nitrogens is 2. The molecule has 1 heterocycles. The standard InChI is InChI=1S/C14H16ClN3O/c1-9(2)14-17-8-13(12(7-16)18-14)19-11-5-3-10(15)4-6-11/h3-6,8-9H,7,16H2,1-2H3. The summed E-state index contributed by atoms with van der Waals surface area (Å²) in [7, 11) is 0. The minimum absolute atomic E-state index is 0.259. The highest BCUT2D eigenvalue weighted by Crippen LogP contribution is 2.25. The van der Waals surface area contributed by atoms with E-state index in [4.69, 9.17) is 22.1 Å². The molecule has 0 radical (unpaired) electrons. The minimum atomic E-state index is 0.259. The monoisotopic (exact) mass is 277 g/mol. The average Bonchev–Trinajstić information content (AvgIpc) is 2.41. The first-order valence-corrected chi connectivity index (χ1v) is 6.47. The molecule has 0 fully saturated rings. The van der Waals surface area contributed by atoms with Crippen LogP contribution < -0.4 is 10.5 Å². The summed E-state index contributed by atoms with van der Waals surface area (Å²) >= 11 is 5.83. The number of nitrogens with two attached hydrogens (primary N) is 1. The summed E-state index contributed by atoms with van der Waals surface area (Å²) in [5, 5.41) is 0.665. The fraction of sp³-hybridized carbons (Fsp3) is 0.286. The number of hydrogen-bond donors (Lipinski definition) is 1. The Balaban J connectivity index is 2.27. The second kappa shape index (κ2) is 5.99. The first-order valence-electron chi connectivity index (χ1n) is 6.09. The van der Waals surface area contributed by atoms with E-state index in [1.165, 1.54) is 0 Å². The van der Waals surface area contributed by atoms with Gasteiger partial charge in [0.25, 0.3) is 0 Å².